The number of carbonyl (C=O) groups excluding carboxylic acids is 1. The van der Waals surface area contributed by atoms with Crippen LogP contribution in [0.5, 0.6) is 0 Å². The van der Waals surface area contributed by atoms with Crippen LogP contribution in [0, 0.1) is 0 Å². The van der Waals surface area contributed by atoms with Gasteiger partial charge in [0.25, 0.3) is 6.47 Å². The maximum atomic E-state index is 9.82. The van der Waals surface area contributed by atoms with Gasteiger partial charge in [-0.2, -0.15) is 0 Å². The zero-order valence-corrected chi connectivity index (χ0v) is 13.7. The summed E-state index contributed by atoms with van der Waals surface area (Å²) in [5.41, 5.74) is 0. The Morgan fingerprint density at radius 2 is 1.37 bits per heavy atom. The normalized spacial score (nSPS) is 12.5. The fraction of sp³-hybridized carbons (Fsp3) is 0.833. The molecule has 0 saturated heterocycles. The van der Waals surface area contributed by atoms with Crippen molar-refractivity contribution in [3.05, 3.63) is 0 Å². The van der Waals surface area contributed by atoms with Gasteiger partial charge in [-0.1, -0.05) is 73.3 Å². The second kappa shape index (κ2) is 22.9. The van der Waals surface area contributed by atoms with E-state index >= 15 is 0 Å². The highest BCUT2D eigenvalue weighted by atomic mass is 35.6. The summed E-state index contributed by atoms with van der Waals surface area (Å²) in [7, 11) is 0. The Kier molecular flexibility index (Phi) is 28.8. The van der Waals surface area contributed by atoms with Crippen LogP contribution < -0.4 is 0 Å². The van der Waals surface area contributed by atoms with E-state index in [2.05, 4.69) is 4.74 Å². The quantitative estimate of drug-likeness (QED) is 0.431. The lowest BCUT2D eigenvalue weighted by Gasteiger charge is -2.05. The molecule has 0 aromatic heterocycles. The first kappa shape index (κ1) is 23.9. The minimum Gasteiger partial charge on any atom is -0.483 e. The van der Waals surface area contributed by atoms with E-state index in [4.69, 9.17) is 44.7 Å². The van der Waals surface area contributed by atoms with Crippen LogP contribution in [0.15, 0.2) is 0 Å². The van der Waals surface area contributed by atoms with Crippen molar-refractivity contribution in [2.75, 3.05) is 6.61 Å². The van der Waals surface area contributed by atoms with Crippen molar-refractivity contribution in [1.82, 2.24) is 0 Å². The molecule has 1 aliphatic rings. The lowest BCUT2D eigenvalue weighted by atomic mass is 10.0. The molecule has 1 N–H and O–H groups in total. The smallest absolute Gasteiger partial charge is 0.302 e. The molecular weight excluding hydrogens is 314 g/mol. The largest absolute Gasteiger partial charge is 0.483 e. The van der Waals surface area contributed by atoms with E-state index in [1.807, 2.05) is 0 Å². The SMILES string of the molecule is C1CCCCC1.CCOC(C)=O.ClC(Cl)Cl.O=CO. The van der Waals surface area contributed by atoms with Crippen LogP contribution in [0.1, 0.15) is 52.4 Å². The third kappa shape index (κ3) is 57.4. The average molecular weight is 338 g/mol. The van der Waals surface area contributed by atoms with E-state index in [1.165, 1.54) is 45.4 Å². The predicted molar refractivity (Wildman–Crippen MR) is 80.0 cm³/mol. The van der Waals surface area contributed by atoms with Crippen molar-refractivity contribution in [3.63, 3.8) is 0 Å². The maximum Gasteiger partial charge on any atom is 0.302 e. The zero-order valence-electron chi connectivity index (χ0n) is 11.4. The van der Waals surface area contributed by atoms with Crippen molar-refractivity contribution in [2.24, 2.45) is 0 Å². The fourth-order valence-corrected chi connectivity index (χ4v) is 1.26. The second-order valence-electron chi connectivity index (χ2n) is 3.40. The van der Waals surface area contributed by atoms with Gasteiger partial charge in [-0.25, -0.2) is 0 Å². The van der Waals surface area contributed by atoms with E-state index < -0.39 is 4.30 Å². The Bertz CT molecular complexity index is 172. The summed E-state index contributed by atoms with van der Waals surface area (Å²) in [6, 6.07) is 0. The van der Waals surface area contributed by atoms with Crippen LogP contribution in [-0.2, 0) is 14.3 Å². The fourth-order valence-electron chi connectivity index (χ4n) is 1.26. The summed E-state index contributed by atoms with van der Waals surface area (Å²) in [4.78, 5) is 18.2. The molecule has 1 saturated carbocycles. The molecule has 0 heterocycles. The van der Waals surface area contributed by atoms with Crippen molar-refractivity contribution < 1.29 is 19.4 Å². The third-order valence-electron chi connectivity index (χ3n) is 1.85. The zero-order chi connectivity index (χ0) is 15.5. The van der Waals surface area contributed by atoms with Gasteiger partial charge >= 0.3 is 5.97 Å². The molecular formula is C12H23Cl3O4. The molecule has 0 aliphatic heterocycles. The lowest BCUT2D eigenvalue weighted by molar-refractivity contribution is -0.140. The van der Waals surface area contributed by atoms with Gasteiger partial charge in [-0.3, -0.25) is 9.59 Å². The molecule has 4 nitrogen and oxygen atoms in total. The molecule has 0 spiro atoms. The first-order valence-corrected chi connectivity index (χ1v) is 7.36. The van der Waals surface area contributed by atoms with Gasteiger partial charge in [0.05, 0.1) is 6.61 Å². The molecule has 1 rings (SSSR count). The molecule has 116 valence electrons. The summed E-state index contributed by atoms with van der Waals surface area (Å²) in [5, 5.41) is 6.89. The Morgan fingerprint density at radius 1 is 1.16 bits per heavy atom. The van der Waals surface area contributed by atoms with Gasteiger partial charge in [0.15, 0.2) is 4.30 Å². The average Bonchev–Trinajstić information content (AvgIpc) is 2.32. The van der Waals surface area contributed by atoms with E-state index in [-0.39, 0.29) is 12.4 Å². The topological polar surface area (TPSA) is 63.6 Å². The molecule has 0 bridgehead atoms. The number of hydrogen-bond donors (Lipinski definition) is 1. The van der Waals surface area contributed by atoms with Gasteiger partial charge in [-0.15, -0.1) is 0 Å². The summed E-state index contributed by atoms with van der Waals surface area (Å²) < 4.78 is 3.65. The molecule has 7 heteroatoms. The Balaban J connectivity index is -0.000000187. The van der Waals surface area contributed by atoms with Gasteiger partial charge < -0.3 is 9.84 Å². The van der Waals surface area contributed by atoms with Crippen molar-refractivity contribution in [2.45, 2.75) is 56.7 Å². The third-order valence-corrected chi connectivity index (χ3v) is 1.85. The Labute approximate surface area is 130 Å². The maximum absolute atomic E-state index is 9.82. The molecule has 0 aromatic rings. The molecule has 0 atom stereocenters. The highest BCUT2D eigenvalue weighted by Crippen LogP contribution is 2.15. The minimum atomic E-state index is -0.750. The number of alkyl halides is 3. The second-order valence-corrected chi connectivity index (χ2v) is 5.38. The van der Waals surface area contributed by atoms with Gasteiger partial charge in [0.1, 0.15) is 0 Å². The molecule has 0 radical (unpaired) electrons. The predicted octanol–water partition coefficient (Wildman–Crippen LogP) is 4.60. The lowest BCUT2D eigenvalue weighted by Crippen LogP contribution is -1.95. The summed E-state index contributed by atoms with van der Waals surface area (Å²) in [6.07, 6.45) is 9.00. The molecule has 1 aliphatic carbocycles. The highest BCUT2D eigenvalue weighted by Gasteiger charge is 1.95. The van der Waals surface area contributed by atoms with E-state index in [9.17, 15) is 4.79 Å². The standard InChI is InChI=1S/C6H12.C4H8O2.CHCl3.CH2O2/c1-2-4-6-5-3-1;1-3-6-4(2)5;2-1(3)4;2-1-3/h1-6H2;3H2,1-2H3;1H;1H,(H,2,3). The summed E-state index contributed by atoms with van der Waals surface area (Å²) in [5.74, 6) is -0.211. The first-order chi connectivity index (χ1) is 8.92. The highest BCUT2D eigenvalue weighted by molar-refractivity contribution is 6.63. The van der Waals surface area contributed by atoms with Crippen LogP contribution in [0.25, 0.3) is 0 Å². The Morgan fingerprint density at radius 3 is 1.42 bits per heavy atom. The molecule has 0 unspecified atom stereocenters. The number of hydrogen-bond acceptors (Lipinski definition) is 3. The first-order valence-electron chi connectivity index (χ1n) is 6.05. The Hall–Kier alpha value is -0.190. The minimum absolute atomic E-state index is 0.211. The van der Waals surface area contributed by atoms with Crippen LogP contribution >= 0.6 is 34.8 Å². The number of carboxylic acid groups (broad SMARTS) is 1. The number of halogens is 3. The van der Waals surface area contributed by atoms with Crippen LogP contribution in [0.2, 0.25) is 0 Å². The van der Waals surface area contributed by atoms with Crippen molar-refractivity contribution >= 4 is 47.2 Å². The summed E-state index contributed by atoms with van der Waals surface area (Å²) in [6.45, 7) is 3.40. The van der Waals surface area contributed by atoms with Crippen LogP contribution in [0.4, 0.5) is 0 Å². The van der Waals surface area contributed by atoms with Crippen molar-refractivity contribution in [3.8, 4) is 0 Å². The van der Waals surface area contributed by atoms with Gasteiger partial charge in [-0.05, 0) is 6.92 Å². The van der Waals surface area contributed by atoms with Gasteiger partial charge in [0, 0.05) is 6.92 Å². The van der Waals surface area contributed by atoms with Crippen LogP contribution in [-0.4, -0.2) is 28.5 Å². The number of ether oxygens (including phenoxy) is 1. The van der Waals surface area contributed by atoms with E-state index in [0.29, 0.717) is 6.61 Å². The van der Waals surface area contributed by atoms with E-state index in [1.54, 1.807) is 6.92 Å². The monoisotopic (exact) mass is 336 g/mol. The molecule has 0 aromatic carbocycles. The number of rotatable bonds is 1. The van der Waals surface area contributed by atoms with Gasteiger partial charge in [0.2, 0.25) is 0 Å². The molecule has 19 heavy (non-hydrogen) atoms. The number of esters is 1. The van der Waals surface area contributed by atoms with Crippen molar-refractivity contribution in [1.29, 1.82) is 0 Å². The molecule has 1 fully saturated rings. The van der Waals surface area contributed by atoms with E-state index in [0.717, 1.165) is 0 Å². The summed E-state index contributed by atoms with van der Waals surface area (Å²) >= 11 is 14.4. The molecule has 0 amide bonds. The van der Waals surface area contributed by atoms with Crippen LogP contribution in [0.3, 0.4) is 0 Å². The number of carbonyl (C=O) groups is 2.